The normalized spacial score (nSPS) is 14.5. The molecular formula is C16H28IN5O2. The third-order valence-corrected chi connectivity index (χ3v) is 4.02. The maximum absolute atomic E-state index is 12.0. The van der Waals surface area contributed by atoms with E-state index in [-0.39, 0.29) is 36.4 Å². The van der Waals surface area contributed by atoms with Gasteiger partial charge in [0.25, 0.3) is 0 Å². The molecular weight excluding hydrogens is 421 g/mol. The van der Waals surface area contributed by atoms with Crippen LogP contribution in [0.25, 0.3) is 0 Å². The number of guanidine groups is 1. The Morgan fingerprint density at radius 1 is 1.29 bits per heavy atom. The highest BCUT2D eigenvalue weighted by atomic mass is 127. The van der Waals surface area contributed by atoms with E-state index in [0.717, 1.165) is 55.9 Å². The molecule has 24 heavy (non-hydrogen) atoms. The summed E-state index contributed by atoms with van der Waals surface area (Å²) in [5.41, 5.74) is 2.05. The zero-order valence-electron chi connectivity index (χ0n) is 14.7. The fraction of sp³-hybridized carbons (Fsp3) is 0.688. The molecule has 2 N–H and O–H groups in total. The number of amides is 1. The van der Waals surface area contributed by atoms with Gasteiger partial charge in [-0.3, -0.25) is 4.79 Å². The summed E-state index contributed by atoms with van der Waals surface area (Å²) in [6, 6.07) is 0. The highest BCUT2D eigenvalue weighted by Crippen LogP contribution is 2.12. The molecule has 1 aliphatic heterocycles. The van der Waals surface area contributed by atoms with Crippen LogP contribution in [0.1, 0.15) is 36.8 Å². The minimum atomic E-state index is 0. The number of hydrogen-bond acceptors (Lipinski definition) is 4. The first kappa shape index (κ1) is 20.7. The average molecular weight is 449 g/mol. The van der Waals surface area contributed by atoms with E-state index in [1.807, 2.05) is 25.7 Å². The van der Waals surface area contributed by atoms with Crippen molar-refractivity contribution in [2.45, 2.75) is 40.0 Å². The third kappa shape index (κ3) is 5.95. The van der Waals surface area contributed by atoms with Gasteiger partial charge in [0.05, 0.1) is 5.69 Å². The van der Waals surface area contributed by atoms with Crippen LogP contribution >= 0.6 is 24.0 Å². The molecule has 0 atom stereocenters. The number of carbonyl (C=O) groups is 1. The quantitative estimate of drug-likeness (QED) is 0.392. The number of aliphatic imine (C=N–C) groups is 1. The first-order valence-electron chi connectivity index (χ1n) is 8.33. The lowest BCUT2D eigenvalue weighted by atomic mass is 10.1. The van der Waals surface area contributed by atoms with Crippen LogP contribution in [0.15, 0.2) is 9.52 Å². The Bertz CT molecular complexity index is 533. The number of halogens is 1. The molecule has 1 aromatic heterocycles. The zero-order chi connectivity index (χ0) is 16.7. The zero-order valence-corrected chi connectivity index (χ0v) is 17.1. The van der Waals surface area contributed by atoms with Crippen LogP contribution in [0.4, 0.5) is 0 Å². The van der Waals surface area contributed by atoms with E-state index < -0.39 is 0 Å². The van der Waals surface area contributed by atoms with Crippen LogP contribution in [0.2, 0.25) is 0 Å². The van der Waals surface area contributed by atoms with Gasteiger partial charge in [-0.15, -0.1) is 24.0 Å². The van der Waals surface area contributed by atoms with Crippen LogP contribution < -0.4 is 10.6 Å². The second kappa shape index (κ2) is 10.5. The number of nitrogens with one attached hydrogen (secondary N) is 2. The highest BCUT2D eigenvalue weighted by molar-refractivity contribution is 14.0. The van der Waals surface area contributed by atoms with Crippen LogP contribution in [0.3, 0.4) is 0 Å². The summed E-state index contributed by atoms with van der Waals surface area (Å²) < 4.78 is 5.16. The molecule has 0 bridgehead atoms. The van der Waals surface area contributed by atoms with Crippen molar-refractivity contribution in [3.63, 3.8) is 0 Å². The van der Waals surface area contributed by atoms with E-state index in [9.17, 15) is 4.79 Å². The average Bonchev–Trinajstić information content (AvgIpc) is 3.17. The summed E-state index contributed by atoms with van der Waals surface area (Å²) in [5.74, 6) is 1.63. The number of aryl methyl sites for hydroxylation is 2. The van der Waals surface area contributed by atoms with E-state index in [4.69, 9.17) is 4.52 Å². The first-order chi connectivity index (χ1) is 11.1. The van der Waals surface area contributed by atoms with Crippen molar-refractivity contribution in [3.05, 3.63) is 17.0 Å². The van der Waals surface area contributed by atoms with Gasteiger partial charge < -0.3 is 20.1 Å². The molecule has 1 fully saturated rings. The smallest absolute Gasteiger partial charge is 0.244 e. The molecule has 2 heterocycles. The standard InChI is InChI=1S/C16H27N5O2.HI/c1-4-17-16(19-11-15(22)21-9-5-6-10-21)18-8-7-14-12(2)20-23-13(14)3;/h4-11H2,1-3H3,(H2,17,18,19);1H. The van der Waals surface area contributed by atoms with Crippen LogP contribution in [0, 0.1) is 13.8 Å². The summed E-state index contributed by atoms with van der Waals surface area (Å²) in [7, 11) is 0. The summed E-state index contributed by atoms with van der Waals surface area (Å²) in [4.78, 5) is 18.3. The predicted octanol–water partition coefficient (Wildman–Crippen LogP) is 1.63. The minimum absolute atomic E-state index is 0. The molecule has 0 radical (unpaired) electrons. The molecule has 0 aromatic carbocycles. The molecule has 0 unspecified atom stereocenters. The molecule has 0 spiro atoms. The Kier molecular flexibility index (Phi) is 9.09. The number of carbonyl (C=O) groups excluding carboxylic acids is 1. The van der Waals surface area contributed by atoms with Crippen LogP contribution in [-0.2, 0) is 11.2 Å². The lowest BCUT2D eigenvalue weighted by Gasteiger charge is -2.15. The minimum Gasteiger partial charge on any atom is -0.361 e. The largest absolute Gasteiger partial charge is 0.361 e. The van der Waals surface area contributed by atoms with Crippen molar-refractivity contribution in [2.24, 2.45) is 4.99 Å². The maximum Gasteiger partial charge on any atom is 0.244 e. The maximum atomic E-state index is 12.0. The molecule has 7 nitrogen and oxygen atoms in total. The van der Waals surface area contributed by atoms with Crippen molar-refractivity contribution >= 4 is 35.8 Å². The van der Waals surface area contributed by atoms with Gasteiger partial charge in [0.15, 0.2) is 5.96 Å². The summed E-state index contributed by atoms with van der Waals surface area (Å²) in [5, 5.41) is 10.4. The number of rotatable bonds is 6. The van der Waals surface area contributed by atoms with E-state index in [1.165, 1.54) is 0 Å². The fourth-order valence-electron chi connectivity index (χ4n) is 2.72. The lowest BCUT2D eigenvalue weighted by Crippen LogP contribution is -2.39. The summed E-state index contributed by atoms with van der Waals surface area (Å²) in [6.45, 7) is 9.27. The van der Waals surface area contributed by atoms with E-state index >= 15 is 0 Å². The fourth-order valence-corrected chi connectivity index (χ4v) is 2.72. The van der Waals surface area contributed by atoms with Crippen LogP contribution in [0.5, 0.6) is 0 Å². The third-order valence-electron chi connectivity index (χ3n) is 4.02. The Balaban J connectivity index is 0.00000288. The van der Waals surface area contributed by atoms with E-state index in [0.29, 0.717) is 12.5 Å². The Morgan fingerprint density at radius 3 is 2.58 bits per heavy atom. The second-order valence-corrected chi connectivity index (χ2v) is 5.76. The molecule has 1 aliphatic rings. The topological polar surface area (TPSA) is 82.8 Å². The lowest BCUT2D eigenvalue weighted by molar-refractivity contribution is -0.128. The Morgan fingerprint density at radius 2 is 2.00 bits per heavy atom. The van der Waals surface area contributed by atoms with Gasteiger partial charge in [-0.2, -0.15) is 0 Å². The summed E-state index contributed by atoms with van der Waals surface area (Å²) >= 11 is 0. The number of aromatic nitrogens is 1. The Hall–Kier alpha value is -1.32. The van der Waals surface area contributed by atoms with Crippen molar-refractivity contribution in [3.8, 4) is 0 Å². The second-order valence-electron chi connectivity index (χ2n) is 5.76. The highest BCUT2D eigenvalue weighted by Gasteiger charge is 2.17. The number of nitrogens with zero attached hydrogens (tertiary/aromatic N) is 3. The summed E-state index contributed by atoms with van der Waals surface area (Å²) in [6.07, 6.45) is 3.02. The van der Waals surface area contributed by atoms with Gasteiger partial charge in [0.1, 0.15) is 12.3 Å². The van der Waals surface area contributed by atoms with E-state index in [2.05, 4.69) is 20.8 Å². The molecule has 2 rings (SSSR count). The molecule has 1 aromatic rings. The molecule has 8 heteroatoms. The van der Waals surface area contributed by atoms with Crippen LogP contribution in [-0.4, -0.2) is 54.6 Å². The van der Waals surface area contributed by atoms with Crippen molar-refractivity contribution in [1.29, 1.82) is 0 Å². The van der Waals surface area contributed by atoms with Gasteiger partial charge in [-0.05, 0) is 40.0 Å². The molecule has 0 saturated carbocycles. The van der Waals surface area contributed by atoms with Gasteiger partial charge in [0, 0.05) is 31.7 Å². The van der Waals surface area contributed by atoms with Gasteiger partial charge in [0.2, 0.25) is 5.91 Å². The van der Waals surface area contributed by atoms with Gasteiger partial charge in [-0.25, -0.2) is 4.99 Å². The molecule has 1 amide bonds. The number of hydrogen-bond donors (Lipinski definition) is 2. The van der Waals surface area contributed by atoms with Gasteiger partial charge >= 0.3 is 0 Å². The van der Waals surface area contributed by atoms with Gasteiger partial charge in [-0.1, -0.05) is 5.16 Å². The predicted molar refractivity (Wildman–Crippen MR) is 105 cm³/mol. The van der Waals surface area contributed by atoms with Crippen molar-refractivity contribution in [1.82, 2.24) is 20.7 Å². The van der Waals surface area contributed by atoms with E-state index in [1.54, 1.807) is 0 Å². The van der Waals surface area contributed by atoms with Crippen molar-refractivity contribution in [2.75, 3.05) is 32.7 Å². The monoisotopic (exact) mass is 449 g/mol. The molecule has 1 saturated heterocycles. The Labute approximate surface area is 160 Å². The number of likely N-dealkylation sites (tertiary alicyclic amines) is 1. The first-order valence-corrected chi connectivity index (χ1v) is 8.33. The SMILES string of the molecule is CCNC(=NCC(=O)N1CCCC1)NCCc1c(C)noc1C.I. The molecule has 0 aliphatic carbocycles. The van der Waals surface area contributed by atoms with Crippen molar-refractivity contribution < 1.29 is 9.32 Å². The molecule has 136 valence electrons.